The Balaban J connectivity index is 1.82. The number of amides is 2. The van der Waals surface area contributed by atoms with Crippen LogP contribution in [0.5, 0.6) is 0 Å². The number of carbonyl (C=O) groups excluding carboxylic acids is 3. The van der Waals surface area contributed by atoms with Crippen LogP contribution in [-0.4, -0.2) is 51.9 Å². The van der Waals surface area contributed by atoms with Crippen LogP contribution in [0.4, 0.5) is 5.69 Å². The Labute approximate surface area is 181 Å². The molecule has 0 saturated heterocycles. The molecule has 3 rings (SSSR count). The van der Waals surface area contributed by atoms with Gasteiger partial charge in [0.15, 0.2) is 6.17 Å². The molecule has 0 radical (unpaired) electrons. The van der Waals surface area contributed by atoms with E-state index in [4.69, 9.17) is 4.74 Å². The largest absolute Gasteiger partial charge is 0.461 e. The summed E-state index contributed by atoms with van der Waals surface area (Å²) in [5.41, 5.74) is 2.51. The van der Waals surface area contributed by atoms with Gasteiger partial charge >= 0.3 is 5.97 Å². The minimum atomic E-state index is -1.08. The van der Waals surface area contributed by atoms with Crippen molar-refractivity contribution >= 4 is 23.5 Å². The van der Waals surface area contributed by atoms with Gasteiger partial charge in [-0.1, -0.05) is 30.3 Å². The Bertz CT molecular complexity index is 990. The fraction of sp³-hybridized carbons (Fsp3) is 0.304. The minimum Gasteiger partial charge on any atom is -0.461 e. The van der Waals surface area contributed by atoms with Gasteiger partial charge in [-0.05, 0) is 31.0 Å². The van der Waals surface area contributed by atoms with Crippen LogP contribution in [-0.2, 0) is 25.5 Å². The van der Waals surface area contributed by atoms with Crippen LogP contribution in [0.15, 0.2) is 60.7 Å². The van der Waals surface area contributed by atoms with Crippen molar-refractivity contribution in [3.8, 4) is 0 Å². The van der Waals surface area contributed by atoms with E-state index in [1.807, 2.05) is 37.3 Å². The summed E-state index contributed by atoms with van der Waals surface area (Å²) >= 11 is 0. The SMILES string of the molecule is CCN1C=C(C(=O)OCCc2ccccc2)N(C(C)=O)C(Nc2cnccc2C)C1=O. The van der Waals surface area contributed by atoms with Gasteiger partial charge in [-0.3, -0.25) is 19.5 Å². The van der Waals surface area contributed by atoms with Crippen molar-refractivity contribution < 1.29 is 19.1 Å². The zero-order valence-electron chi connectivity index (χ0n) is 17.9. The molecule has 2 aromatic rings. The first-order valence-electron chi connectivity index (χ1n) is 10.1. The molecule has 1 aliphatic rings. The molecule has 0 fully saturated rings. The Kier molecular flexibility index (Phi) is 7.02. The van der Waals surface area contributed by atoms with Crippen molar-refractivity contribution in [2.75, 3.05) is 18.5 Å². The molecule has 1 N–H and O–H groups in total. The number of hydrogen-bond acceptors (Lipinski definition) is 6. The van der Waals surface area contributed by atoms with Crippen LogP contribution < -0.4 is 5.32 Å². The Morgan fingerprint density at radius 2 is 1.94 bits per heavy atom. The second-order valence-electron chi connectivity index (χ2n) is 7.14. The monoisotopic (exact) mass is 422 g/mol. The van der Waals surface area contributed by atoms with Gasteiger partial charge in [0.05, 0.1) is 18.5 Å². The van der Waals surface area contributed by atoms with Crippen molar-refractivity contribution in [1.82, 2.24) is 14.8 Å². The van der Waals surface area contributed by atoms with E-state index in [1.165, 1.54) is 18.0 Å². The number of anilines is 1. The van der Waals surface area contributed by atoms with E-state index in [2.05, 4.69) is 10.3 Å². The van der Waals surface area contributed by atoms with Crippen molar-refractivity contribution in [2.24, 2.45) is 0 Å². The minimum absolute atomic E-state index is 0.0149. The highest BCUT2D eigenvalue weighted by Gasteiger charge is 2.40. The molecule has 162 valence electrons. The van der Waals surface area contributed by atoms with Gasteiger partial charge in [-0.25, -0.2) is 4.79 Å². The third kappa shape index (κ3) is 5.09. The van der Waals surface area contributed by atoms with Crippen LogP contribution in [0.1, 0.15) is 25.0 Å². The maximum absolute atomic E-state index is 13.0. The molecule has 1 unspecified atom stereocenters. The van der Waals surface area contributed by atoms with Gasteiger partial charge in [-0.15, -0.1) is 0 Å². The molecule has 0 spiro atoms. The number of likely N-dealkylation sites (N-methyl/N-ethyl adjacent to an activating group) is 1. The van der Waals surface area contributed by atoms with Gasteiger partial charge in [0, 0.05) is 32.3 Å². The fourth-order valence-electron chi connectivity index (χ4n) is 3.30. The first-order valence-corrected chi connectivity index (χ1v) is 10.1. The topological polar surface area (TPSA) is 91.8 Å². The molecule has 2 amide bonds. The first kappa shape index (κ1) is 22.0. The summed E-state index contributed by atoms with van der Waals surface area (Å²) < 4.78 is 5.44. The Morgan fingerprint density at radius 1 is 1.19 bits per heavy atom. The molecular formula is C23H26N4O4. The lowest BCUT2D eigenvalue weighted by Gasteiger charge is -2.38. The lowest BCUT2D eigenvalue weighted by Crippen LogP contribution is -2.57. The van der Waals surface area contributed by atoms with Crippen LogP contribution in [0.3, 0.4) is 0 Å². The second kappa shape index (κ2) is 9.88. The van der Waals surface area contributed by atoms with Crippen LogP contribution in [0.25, 0.3) is 0 Å². The number of aryl methyl sites for hydroxylation is 1. The van der Waals surface area contributed by atoms with Crippen molar-refractivity contribution in [2.45, 2.75) is 33.4 Å². The summed E-state index contributed by atoms with van der Waals surface area (Å²) in [6, 6.07) is 11.4. The standard InChI is InChI=1S/C23H26N4O4/c1-4-26-15-20(23(30)31-13-11-18-8-6-5-7-9-18)27(17(3)28)21(22(26)29)25-19-14-24-12-10-16(19)2/h5-10,12,14-15,21,25H,4,11,13H2,1-3H3. The molecule has 8 nitrogen and oxygen atoms in total. The van der Waals surface area contributed by atoms with Crippen molar-refractivity contribution in [3.63, 3.8) is 0 Å². The van der Waals surface area contributed by atoms with Crippen LogP contribution in [0, 0.1) is 6.92 Å². The van der Waals surface area contributed by atoms with E-state index in [9.17, 15) is 14.4 Å². The molecule has 0 bridgehead atoms. The average molecular weight is 422 g/mol. The highest BCUT2D eigenvalue weighted by atomic mass is 16.5. The Morgan fingerprint density at radius 3 is 2.58 bits per heavy atom. The average Bonchev–Trinajstić information content (AvgIpc) is 2.76. The number of ether oxygens (including phenoxy) is 1. The predicted molar refractivity (Wildman–Crippen MR) is 115 cm³/mol. The number of esters is 1. The zero-order chi connectivity index (χ0) is 22.4. The van der Waals surface area contributed by atoms with Crippen molar-refractivity contribution in [3.05, 3.63) is 71.8 Å². The molecule has 1 aromatic heterocycles. The summed E-state index contributed by atoms with van der Waals surface area (Å²) in [6.07, 6.45) is 4.06. The lowest BCUT2D eigenvalue weighted by atomic mass is 10.1. The number of rotatable bonds is 7. The van der Waals surface area contributed by atoms with E-state index in [1.54, 1.807) is 25.4 Å². The lowest BCUT2D eigenvalue weighted by molar-refractivity contribution is -0.149. The molecule has 31 heavy (non-hydrogen) atoms. The number of nitrogens with zero attached hydrogens (tertiary/aromatic N) is 3. The number of aromatic nitrogens is 1. The molecule has 8 heteroatoms. The highest BCUT2D eigenvalue weighted by Crippen LogP contribution is 2.24. The number of pyridine rings is 1. The van der Waals surface area contributed by atoms with E-state index in [-0.39, 0.29) is 18.2 Å². The number of benzene rings is 1. The van der Waals surface area contributed by atoms with E-state index in [0.29, 0.717) is 18.7 Å². The maximum atomic E-state index is 13.0. The summed E-state index contributed by atoms with van der Waals surface area (Å²) in [6.45, 7) is 5.47. The Hall–Kier alpha value is -3.68. The van der Waals surface area contributed by atoms with Crippen LogP contribution >= 0.6 is 0 Å². The molecule has 1 aromatic carbocycles. The number of hydrogen-bond donors (Lipinski definition) is 1. The molecule has 1 aliphatic heterocycles. The molecular weight excluding hydrogens is 396 g/mol. The first-order chi connectivity index (χ1) is 14.9. The third-order valence-corrected chi connectivity index (χ3v) is 5.00. The molecule has 0 saturated carbocycles. The molecule has 2 heterocycles. The summed E-state index contributed by atoms with van der Waals surface area (Å²) in [5, 5.41) is 3.06. The van der Waals surface area contributed by atoms with Crippen LogP contribution in [0.2, 0.25) is 0 Å². The summed E-state index contributed by atoms with van der Waals surface area (Å²) in [7, 11) is 0. The predicted octanol–water partition coefficient (Wildman–Crippen LogP) is 2.47. The van der Waals surface area contributed by atoms with E-state index in [0.717, 1.165) is 16.0 Å². The molecule has 1 atom stereocenters. The second-order valence-corrected chi connectivity index (χ2v) is 7.14. The quantitative estimate of drug-likeness (QED) is 0.690. The molecule has 0 aliphatic carbocycles. The smallest absolute Gasteiger partial charge is 0.356 e. The van der Waals surface area contributed by atoms with Gasteiger partial charge in [0.25, 0.3) is 5.91 Å². The van der Waals surface area contributed by atoms with E-state index >= 15 is 0 Å². The zero-order valence-corrected chi connectivity index (χ0v) is 17.9. The van der Waals surface area contributed by atoms with Gasteiger partial charge in [0.1, 0.15) is 5.70 Å². The van der Waals surface area contributed by atoms with Gasteiger partial charge in [-0.2, -0.15) is 0 Å². The van der Waals surface area contributed by atoms with Gasteiger partial charge < -0.3 is 15.0 Å². The number of carbonyl (C=O) groups is 3. The number of nitrogens with one attached hydrogen (secondary N) is 1. The van der Waals surface area contributed by atoms with E-state index < -0.39 is 18.0 Å². The van der Waals surface area contributed by atoms with Gasteiger partial charge in [0.2, 0.25) is 5.91 Å². The van der Waals surface area contributed by atoms with Crippen molar-refractivity contribution in [1.29, 1.82) is 0 Å². The highest BCUT2D eigenvalue weighted by molar-refractivity contribution is 6.00. The maximum Gasteiger partial charge on any atom is 0.356 e. The summed E-state index contributed by atoms with van der Waals surface area (Å²) in [5.74, 6) is -1.46. The fourth-order valence-corrected chi connectivity index (χ4v) is 3.30. The third-order valence-electron chi connectivity index (χ3n) is 5.00. The summed E-state index contributed by atoms with van der Waals surface area (Å²) in [4.78, 5) is 45.0. The normalized spacial score (nSPS) is 16.0.